The number of nitrogens with zero attached hydrogens (tertiary/aromatic N) is 1. The molecule has 0 unspecified atom stereocenters. The van der Waals surface area contributed by atoms with E-state index in [1.54, 1.807) is 6.07 Å². The van der Waals surface area contributed by atoms with Crippen LogP contribution in [0.4, 0.5) is 13.2 Å². The molecule has 0 spiro atoms. The quantitative estimate of drug-likeness (QED) is 0.903. The normalized spacial score (nSPS) is 15.2. The van der Waals surface area contributed by atoms with Crippen LogP contribution in [0.1, 0.15) is 11.1 Å². The predicted molar refractivity (Wildman–Crippen MR) is 61.9 cm³/mol. The highest BCUT2D eigenvalue weighted by Gasteiger charge is 2.31. The maximum Gasteiger partial charge on any atom is 0.573 e. The average molecular weight is 258 g/mol. The van der Waals surface area contributed by atoms with Gasteiger partial charge in [0.05, 0.1) is 6.54 Å². The van der Waals surface area contributed by atoms with Crippen molar-refractivity contribution in [3.05, 3.63) is 29.3 Å². The SMILES string of the molecule is Cc1ccc(OC(F)(F)F)cc1CC1=NCCN1. The van der Waals surface area contributed by atoms with Crippen LogP contribution in [0.5, 0.6) is 5.75 Å². The minimum absolute atomic E-state index is 0.193. The molecule has 0 aliphatic carbocycles. The first-order valence-corrected chi connectivity index (χ1v) is 5.56. The number of amidine groups is 1. The molecule has 0 atom stereocenters. The zero-order valence-electron chi connectivity index (χ0n) is 9.84. The van der Waals surface area contributed by atoms with Crippen molar-refractivity contribution in [1.82, 2.24) is 5.32 Å². The summed E-state index contributed by atoms with van der Waals surface area (Å²) in [5.74, 6) is 0.615. The third-order valence-electron chi connectivity index (χ3n) is 2.66. The average Bonchev–Trinajstić information content (AvgIpc) is 2.73. The maximum atomic E-state index is 12.1. The standard InChI is InChI=1S/C12H13F3N2O/c1-8-2-3-10(18-12(13,14)15)6-9(8)7-11-16-4-5-17-11/h2-3,6H,4-5,7H2,1H3,(H,16,17). The van der Waals surface area contributed by atoms with Crippen LogP contribution in [0.3, 0.4) is 0 Å². The van der Waals surface area contributed by atoms with Crippen LogP contribution >= 0.6 is 0 Å². The van der Waals surface area contributed by atoms with Crippen LogP contribution in [-0.2, 0) is 6.42 Å². The van der Waals surface area contributed by atoms with Crippen molar-refractivity contribution in [2.75, 3.05) is 13.1 Å². The number of aliphatic imine (C=N–C) groups is 1. The van der Waals surface area contributed by atoms with Crippen molar-refractivity contribution in [3.63, 3.8) is 0 Å². The lowest BCUT2D eigenvalue weighted by Crippen LogP contribution is -2.21. The Morgan fingerprint density at radius 1 is 1.39 bits per heavy atom. The van der Waals surface area contributed by atoms with E-state index >= 15 is 0 Å². The molecule has 2 rings (SSSR count). The Hall–Kier alpha value is -1.72. The summed E-state index contributed by atoms with van der Waals surface area (Å²) in [6.07, 6.45) is -4.16. The van der Waals surface area contributed by atoms with E-state index in [4.69, 9.17) is 0 Å². The summed E-state index contributed by atoms with van der Waals surface area (Å²) in [4.78, 5) is 4.22. The number of aryl methyl sites for hydroxylation is 1. The largest absolute Gasteiger partial charge is 0.573 e. The molecule has 98 valence electrons. The van der Waals surface area contributed by atoms with Crippen molar-refractivity contribution < 1.29 is 17.9 Å². The second-order valence-corrected chi connectivity index (χ2v) is 4.07. The van der Waals surface area contributed by atoms with E-state index in [1.165, 1.54) is 12.1 Å². The van der Waals surface area contributed by atoms with Crippen molar-refractivity contribution in [1.29, 1.82) is 0 Å². The Balaban J connectivity index is 2.16. The molecule has 3 nitrogen and oxygen atoms in total. The van der Waals surface area contributed by atoms with Crippen molar-refractivity contribution in [2.24, 2.45) is 4.99 Å². The molecule has 1 aromatic carbocycles. The first kappa shape index (κ1) is 12.7. The van der Waals surface area contributed by atoms with E-state index < -0.39 is 6.36 Å². The van der Waals surface area contributed by atoms with Crippen LogP contribution in [0.15, 0.2) is 23.2 Å². The fourth-order valence-electron chi connectivity index (χ4n) is 1.78. The molecule has 1 N–H and O–H groups in total. The van der Waals surface area contributed by atoms with Crippen LogP contribution in [0.2, 0.25) is 0 Å². The number of hydrogen-bond acceptors (Lipinski definition) is 3. The molecule has 0 aromatic heterocycles. The maximum absolute atomic E-state index is 12.1. The number of halogens is 3. The van der Waals surface area contributed by atoms with Gasteiger partial charge >= 0.3 is 6.36 Å². The van der Waals surface area contributed by atoms with E-state index in [1.807, 2.05) is 6.92 Å². The first-order chi connectivity index (χ1) is 8.44. The Morgan fingerprint density at radius 3 is 2.78 bits per heavy atom. The number of benzene rings is 1. The molecule has 0 bridgehead atoms. The lowest BCUT2D eigenvalue weighted by atomic mass is 10.0. The van der Waals surface area contributed by atoms with Gasteiger partial charge in [-0.3, -0.25) is 4.99 Å². The van der Waals surface area contributed by atoms with Crippen LogP contribution in [-0.4, -0.2) is 25.3 Å². The third-order valence-corrected chi connectivity index (χ3v) is 2.66. The number of ether oxygens (including phenoxy) is 1. The van der Waals surface area contributed by atoms with Gasteiger partial charge < -0.3 is 10.1 Å². The van der Waals surface area contributed by atoms with Gasteiger partial charge in [-0.15, -0.1) is 13.2 Å². The Bertz CT molecular complexity index is 469. The lowest BCUT2D eigenvalue weighted by Gasteiger charge is -2.12. The van der Waals surface area contributed by atoms with Crippen LogP contribution < -0.4 is 10.1 Å². The van der Waals surface area contributed by atoms with Crippen molar-refractivity contribution in [2.45, 2.75) is 19.7 Å². The molecule has 0 saturated heterocycles. The summed E-state index contributed by atoms with van der Waals surface area (Å²) < 4.78 is 40.3. The zero-order valence-corrected chi connectivity index (χ0v) is 9.84. The molecular weight excluding hydrogens is 245 g/mol. The van der Waals surface area contributed by atoms with Gasteiger partial charge in [-0.1, -0.05) is 6.07 Å². The van der Waals surface area contributed by atoms with Gasteiger partial charge in [-0.25, -0.2) is 0 Å². The molecule has 0 fully saturated rings. The fraction of sp³-hybridized carbons (Fsp3) is 0.417. The van der Waals surface area contributed by atoms with Gasteiger partial charge in [-0.05, 0) is 30.2 Å². The fourth-order valence-corrected chi connectivity index (χ4v) is 1.78. The van der Waals surface area contributed by atoms with Gasteiger partial charge in [0.25, 0.3) is 0 Å². The Kier molecular flexibility index (Phi) is 3.45. The summed E-state index contributed by atoms with van der Waals surface area (Å²) in [7, 11) is 0. The van der Waals surface area contributed by atoms with Gasteiger partial charge in [0, 0.05) is 13.0 Å². The number of nitrogens with one attached hydrogen (secondary N) is 1. The highest BCUT2D eigenvalue weighted by molar-refractivity contribution is 5.86. The van der Waals surface area contributed by atoms with Gasteiger partial charge in [0.15, 0.2) is 0 Å². The number of rotatable bonds is 3. The first-order valence-electron chi connectivity index (χ1n) is 5.56. The molecule has 18 heavy (non-hydrogen) atoms. The van der Waals surface area contributed by atoms with E-state index in [0.29, 0.717) is 13.0 Å². The van der Waals surface area contributed by atoms with E-state index in [-0.39, 0.29) is 5.75 Å². The molecule has 0 saturated carbocycles. The summed E-state index contributed by atoms with van der Waals surface area (Å²) in [5.41, 5.74) is 1.70. The summed E-state index contributed by atoms with van der Waals surface area (Å²) >= 11 is 0. The molecule has 1 aliphatic rings. The molecule has 6 heteroatoms. The zero-order chi connectivity index (χ0) is 13.2. The molecule has 1 aliphatic heterocycles. The van der Waals surface area contributed by atoms with Crippen molar-refractivity contribution >= 4 is 5.84 Å². The predicted octanol–water partition coefficient (Wildman–Crippen LogP) is 2.44. The monoisotopic (exact) mass is 258 g/mol. The number of alkyl halides is 3. The minimum Gasteiger partial charge on any atom is -0.406 e. The summed E-state index contributed by atoms with van der Waals surface area (Å²) in [6.45, 7) is 3.35. The van der Waals surface area contributed by atoms with Crippen LogP contribution in [0.25, 0.3) is 0 Å². The lowest BCUT2D eigenvalue weighted by molar-refractivity contribution is -0.274. The molecular formula is C12H13F3N2O. The molecule has 0 radical (unpaired) electrons. The third kappa shape index (κ3) is 3.38. The van der Waals surface area contributed by atoms with E-state index in [9.17, 15) is 13.2 Å². The molecule has 0 amide bonds. The van der Waals surface area contributed by atoms with Gasteiger partial charge in [-0.2, -0.15) is 0 Å². The second-order valence-electron chi connectivity index (χ2n) is 4.07. The second kappa shape index (κ2) is 4.88. The highest BCUT2D eigenvalue weighted by Crippen LogP contribution is 2.25. The Labute approximate surface area is 103 Å². The van der Waals surface area contributed by atoms with Gasteiger partial charge in [0.2, 0.25) is 0 Å². The molecule has 1 heterocycles. The minimum atomic E-state index is -4.66. The smallest absolute Gasteiger partial charge is 0.406 e. The van der Waals surface area contributed by atoms with Crippen molar-refractivity contribution in [3.8, 4) is 5.75 Å². The molecule has 1 aromatic rings. The summed E-state index contributed by atoms with van der Waals surface area (Å²) in [5, 5.41) is 3.09. The number of hydrogen-bond donors (Lipinski definition) is 1. The van der Waals surface area contributed by atoms with Gasteiger partial charge in [0.1, 0.15) is 11.6 Å². The van der Waals surface area contributed by atoms with E-state index in [0.717, 1.165) is 23.5 Å². The van der Waals surface area contributed by atoms with E-state index in [2.05, 4.69) is 15.0 Å². The van der Waals surface area contributed by atoms with Crippen LogP contribution in [0, 0.1) is 6.92 Å². The topological polar surface area (TPSA) is 33.6 Å². The Morgan fingerprint density at radius 2 is 2.17 bits per heavy atom. The summed E-state index contributed by atoms with van der Waals surface area (Å²) in [6, 6.07) is 4.34. The highest BCUT2D eigenvalue weighted by atomic mass is 19.4.